The molecule has 2 atom stereocenters. The number of hydrogen-bond donors (Lipinski definition) is 2. The summed E-state index contributed by atoms with van der Waals surface area (Å²) in [5, 5.41) is 8.82. The van der Waals surface area contributed by atoms with Crippen LogP contribution in [0, 0.1) is 5.82 Å². The third-order valence-electron chi connectivity index (χ3n) is 11.6. The lowest BCUT2D eigenvalue weighted by Crippen LogP contribution is -2.21. The summed E-state index contributed by atoms with van der Waals surface area (Å²) in [5.74, 6) is 0.0683. The third-order valence-corrected chi connectivity index (χ3v) is 11.6. The van der Waals surface area contributed by atoms with Crippen molar-refractivity contribution in [2.75, 3.05) is 37.1 Å². The van der Waals surface area contributed by atoms with Gasteiger partial charge in [0.2, 0.25) is 0 Å². The molecule has 2 aromatic heterocycles. The summed E-state index contributed by atoms with van der Waals surface area (Å²) in [7, 11) is 0. The minimum absolute atomic E-state index is 0.00324. The quantitative estimate of drug-likeness (QED) is 0.0937. The lowest BCUT2D eigenvalue weighted by atomic mass is 9.87. The number of carbonyl (C=O) groups is 3. The molecule has 0 amide bonds. The van der Waals surface area contributed by atoms with Gasteiger partial charge in [-0.2, -0.15) is 0 Å². The number of unbranched alkanes of at least 4 members (excludes halogenated alkanes) is 3. The van der Waals surface area contributed by atoms with Gasteiger partial charge in [-0.1, -0.05) is 52.2 Å². The molecule has 0 radical (unpaired) electrons. The molecule has 0 spiro atoms. The largest absolute Gasteiger partial charge is 0.380 e. The smallest absolute Gasteiger partial charge is 0.163 e. The molecule has 2 unspecified atom stereocenters. The molecular formula is C51H63FN4O5. The summed E-state index contributed by atoms with van der Waals surface area (Å²) >= 11 is 0. The van der Waals surface area contributed by atoms with Crippen LogP contribution in [0.15, 0.2) is 73.1 Å². The van der Waals surface area contributed by atoms with Crippen molar-refractivity contribution in [1.82, 2.24) is 9.97 Å². The van der Waals surface area contributed by atoms with E-state index in [9.17, 15) is 18.8 Å². The Morgan fingerprint density at radius 2 is 1.13 bits per heavy atom. The van der Waals surface area contributed by atoms with E-state index in [4.69, 9.17) is 9.47 Å². The number of aromatic nitrogens is 2. The zero-order valence-corrected chi connectivity index (χ0v) is 36.3. The Balaban J connectivity index is 0.000000155. The summed E-state index contributed by atoms with van der Waals surface area (Å²) in [6.45, 7) is 9.38. The number of hydrogen-bond acceptors (Lipinski definition) is 9. The number of fused-ring (bicyclic) bond motifs is 3. The Bertz CT molecular complexity index is 2250. The normalized spacial score (nSPS) is 16.9. The highest BCUT2D eigenvalue weighted by Crippen LogP contribution is 2.32. The number of aryl methyl sites for hydroxylation is 1. The van der Waals surface area contributed by atoms with Gasteiger partial charge in [0, 0.05) is 78.0 Å². The second-order valence-corrected chi connectivity index (χ2v) is 16.5. The predicted octanol–water partition coefficient (Wildman–Crippen LogP) is 11.7. The zero-order valence-electron chi connectivity index (χ0n) is 36.3. The van der Waals surface area contributed by atoms with E-state index in [1.54, 1.807) is 30.6 Å². The highest BCUT2D eigenvalue weighted by atomic mass is 19.1. The van der Waals surface area contributed by atoms with Crippen LogP contribution >= 0.6 is 0 Å². The number of carbonyl (C=O) groups excluding carboxylic acids is 3. The number of halogens is 1. The van der Waals surface area contributed by atoms with E-state index in [2.05, 4.69) is 46.6 Å². The second kappa shape index (κ2) is 23.2. The summed E-state index contributed by atoms with van der Waals surface area (Å²) in [6.07, 6.45) is 17.7. The molecule has 3 aromatic carbocycles. The molecule has 61 heavy (non-hydrogen) atoms. The van der Waals surface area contributed by atoms with E-state index in [1.165, 1.54) is 35.7 Å². The maximum atomic E-state index is 13.7. The maximum absolute atomic E-state index is 13.7. The first kappa shape index (κ1) is 45.5. The van der Waals surface area contributed by atoms with Gasteiger partial charge in [-0.3, -0.25) is 24.4 Å². The van der Waals surface area contributed by atoms with Crippen molar-refractivity contribution in [3.8, 4) is 0 Å². The maximum Gasteiger partial charge on any atom is 0.163 e. The second-order valence-electron chi connectivity index (χ2n) is 16.5. The molecule has 9 nitrogen and oxygen atoms in total. The standard InChI is InChI=1S/C19H27NO2.C18H22N2O2.C14H14FNO/c1-2-3-8-19(21)15-11-14-6-4-5-7-17(14)18(12-15)20-16-9-10-22-13-16;1-2-3-6-17(21)14-10-13-5-4-8-19-18(13)16(11-14)20-15-7-9-22-12-15;1-2-3-6-13(17)11-8-10-5-4-7-16-14(10)12(15)9-11/h11-12,16,20H,2-10,13H2,1H3;4-5,8,10-11,15,20H,2-3,6-7,9,12H2,1H3;4-5,7-9H,2-3,6H2,1H3. The van der Waals surface area contributed by atoms with E-state index < -0.39 is 5.82 Å². The summed E-state index contributed by atoms with van der Waals surface area (Å²) in [6, 6.07) is 19.3. The van der Waals surface area contributed by atoms with Crippen LogP contribution in [0.2, 0.25) is 0 Å². The first-order chi connectivity index (χ1) is 29.8. The van der Waals surface area contributed by atoms with E-state index in [1.807, 2.05) is 31.2 Å². The fourth-order valence-electron chi connectivity index (χ4n) is 8.11. The summed E-state index contributed by atoms with van der Waals surface area (Å²) < 4.78 is 24.6. The number of pyridine rings is 2. The predicted molar refractivity (Wildman–Crippen MR) is 244 cm³/mol. The van der Waals surface area contributed by atoms with Gasteiger partial charge in [-0.05, 0) is 117 Å². The van der Waals surface area contributed by atoms with Gasteiger partial charge in [0.05, 0.1) is 36.5 Å². The number of rotatable bonds is 16. The Morgan fingerprint density at radius 1 is 0.639 bits per heavy atom. The minimum Gasteiger partial charge on any atom is -0.380 e. The van der Waals surface area contributed by atoms with E-state index >= 15 is 0 Å². The number of ether oxygens (including phenoxy) is 2. The minimum atomic E-state index is -0.428. The summed E-state index contributed by atoms with van der Waals surface area (Å²) in [5.41, 5.74) is 8.30. The average molecular weight is 831 g/mol. The Morgan fingerprint density at radius 3 is 1.69 bits per heavy atom. The van der Waals surface area contributed by atoms with Crippen molar-refractivity contribution in [3.63, 3.8) is 0 Å². The molecule has 0 saturated carbocycles. The highest BCUT2D eigenvalue weighted by Gasteiger charge is 2.22. The molecule has 2 fully saturated rings. The van der Waals surface area contributed by atoms with Crippen LogP contribution in [-0.4, -0.2) is 65.8 Å². The molecule has 0 bridgehead atoms. The number of ketones is 3. The van der Waals surface area contributed by atoms with Gasteiger partial charge in [0.1, 0.15) is 11.3 Å². The van der Waals surface area contributed by atoms with Crippen LogP contribution in [0.25, 0.3) is 21.8 Å². The summed E-state index contributed by atoms with van der Waals surface area (Å²) in [4.78, 5) is 45.0. The van der Waals surface area contributed by atoms with E-state index in [0.717, 1.165) is 112 Å². The first-order valence-corrected chi connectivity index (χ1v) is 22.6. The van der Waals surface area contributed by atoms with Gasteiger partial charge in [0.25, 0.3) is 0 Å². The first-order valence-electron chi connectivity index (χ1n) is 22.6. The fourth-order valence-corrected chi connectivity index (χ4v) is 8.11. The zero-order chi connectivity index (χ0) is 43.0. The third kappa shape index (κ3) is 12.7. The SMILES string of the molecule is CCCCC(=O)c1cc(F)c2ncccc2c1.CCCCC(=O)c1cc(NC2CCOC2)c2ncccc2c1.CCCCC(=O)c1cc2c(c(NC3CCOC3)c1)CCCC2. The number of Topliss-reactive ketones (excluding diaryl/α,β-unsaturated/α-hetero) is 3. The molecule has 5 aromatic rings. The molecule has 8 rings (SSSR count). The molecule has 3 aliphatic rings. The van der Waals surface area contributed by atoms with Gasteiger partial charge < -0.3 is 20.1 Å². The average Bonchev–Trinajstić information content (AvgIpc) is 4.02. The van der Waals surface area contributed by atoms with Crippen LogP contribution in [0.3, 0.4) is 0 Å². The van der Waals surface area contributed by atoms with Crippen molar-refractivity contribution in [3.05, 3.63) is 107 Å². The van der Waals surface area contributed by atoms with Crippen molar-refractivity contribution < 1.29 is 28.2 Å². The van der Waals surface area contributed by atoms with Crippen LogP contribution in [0.4, 0.5) is 15.8 Å². The molecule has 2 saturated heterocycles. The van der Waals surface area contributed by atoms with Crippen molar-refractivity contribution in [2.45, 2.75) is 129 Å². The van der Waals surface area contributed by atoms with Crippen molar-refractivity contribution in [1.29, 1.82) is 0 Å². The lowest BCUT2D eigenvalue weighted by molar-refractivity contribution is 0.0971. The Kier molecular flexibility index (Phi) is 17.3. The van der Waals surface area contributed by atoms with Crippen LogP contribution in [0.1, 0.15) is 146 Å². The number of nitrogens with zero attached hydrogens (tertiary/aromatic N) is 2. The molecule has 4 heterocycles. The van der Waals surface area contributed by atoms with Gasteiger partial charge in [-0.15, -0.1) is 0 Å². The van der Waals surface area contributed by atoms with Crippen LogP contribution in [-0.2, 0) is 22.3 Å². The van der Waals surface area contributed by atoms with Gasteiger partial charge >= 0.3 is 0 Å². The Labute approximate surface area is 360 Å². The van der Waals surface area contributed by atoms with Crippen LogP contribution < -0.4 is 10.6 Å². The monoisotopic (exact) mass is 830 g/mol. The Hall–Kier alpha value is -5.06. The van der Waals surface area contributed by atoms with Crippen molar-refractivity contribution in [2.24, 2.45) is 0 Å². The number of anilines is 2. The highest BCUT2D eigenvalue weighted by molar-refractivity contribution is 6.03. The van der Waals surface area contributed by atoms with E-state index in [-0.39, 0.29) is 11.6 Å². The molecule has 324 valence electrons. The topological polar surface area (TPSA) is 120 Å². The molecule has 2 N–H and O–H groups in total. The fraction of sp³-hybridized carbons (Fsp3) is 0.471. The molecule has 2 aliphatic heterocycles. The van der Waals surface area contributed by atoms with E-state index in [0.29, 0.717) is 60.2 Å². The lowest BCUT2D eigenvalue weighted by Gasteiger charge is -2.23. The molecular weight excluding hydrogens is 768 g/mol. The van der Waals surface area contributed by atoms with Crippen LogP contribution in [0.5, 0.6) is 0 Å². The molecule has 10 heteroatoms. The molecule has 1 aliphatic carbocycles. The van der Waals surface area contributed by atoms with Gasteiger partial charge in [-0.25, -0.2) is 4.39 Å². The number of nitrogens with one attached hydrogen (secondary N) is 2. The van der Waals surface area contributed by atoms with Gasteiger partial charge in [0.15, 0.2) is 17.3 Å². The van der Waals surface area contributed by atoms with Crippen molar-refractivity contribution >= 4 is 50.5 Å². The number of benzene rings is 3.